The Morgan fingerprint density at radius 2 is 2.11 bits per heavy atom. The molecule has 0 amide bonds. The number of carbonyl (C=O) groups is 1. The molecule has 2 aliphatic heterocycles. The van der Waals surface area contributed by atoms with E-state index in [0.717, 1.165) is 39.0 Å². The summed E-state index contributed by atoms with van der Waals surface area (Å²) in [5.41, 5.74) is 4.85. The van der Waals surface area contributed by atoms with Crippen LogP contribution in [0.2, 0.25) is 0 Å². The van der Waals surface area contributed by atoms with Crippen LogP contribution < -0.4 is 4.90 Å². The van der Waals surface area contributed by atoms with Crippen molar-refractivity contribution in [2.24, 2.45) is 5.41 Å². The molecule has 1 aromatic rings. The van der Waals surface area contributed by atoms with Gasteiger partial charge in [-0.1, -0.05) is 29.8 Å². The van der Waals surface area contributed by atoms with E-state index in [2.05, 4.69) is 39.6 Å². The molecule has 0 radical (unpaired) electrons. The molecule has 0 aromatic heterocycles. The molecular weight excluding hydrogens is 404 g/mol. The van der Waals surface area contributed by atoms with Crippen molar-refractivity contribution in [1.29, 1.82) is 0 Å². The molecule has 0 unspecified atom stereocenters. The van der Waals surface area contributed by atoms with Crippen LogP contribution in [0.15, 0.2) is 28.3 Å². The van der Waals surface area contributed by atoms with E-state index < -0.39 is 5.97 Å². The third-order valence-electron chi connectivity index (χ3n) is 6.46. The fourth-order valence-electron chi connectivity index (χ4n) is 4.95. The van der Waals surface area contributed by atoms with Crippen LogP contribution in [0.1, 0.15) is 55.5 Å². The van der Waals surface area contributed by atoms with Gasteiger partial charge in [-0.25, -0.2) is 4.79 Å². The highest BCUT2D eigenvalue weighted by Gasteiger charge is 2.33. The lowest BCUT2D eigenvalue weighted by molar-refractivity contribution is 0.0696. The van der Waals surface area contributed by atoms with Crippen LogP contribution in [-0.4, -0.2) is 48.2 Å². The van der Waals surface area contributed by atoms with E-state index in [0.29, 0.717) is 17.0 Å². The summed E-state index contributed by atoms with van der Waals surface area (Å²) in [6.07, 6.45) is 5.72. The van der Waals surface area contributed by atoms with Crippen LogP contribution in [0, 0.1) is 5.41 Å². The van der Waals surface area contributed by atoms with E-state index in [1.54, 1.807) is 11.6 Å². The summed E-state index contributed by atoms with van der Waals surface area (Å²) in [7, 11) is 0. The number of halogens is 1. The third kappa shape index (κ3) is 3.95. The van der Waals surface area contributed by atoms with Gasteiger partial charge < -0.3 is 10.0 Å². The van der Waals surface area contributed by atoms with Gasteiger partial charge in [0, 0.05) is 37.9 Å². The van der Waals surface area contributed by atoms with Gasteiger partial charge in [0.25, 0.3) is 0 Å². The normalized spacial score (nSPS) is 25.1. The molecule has 2 heterocycles. The number of carboxylic acids is 1. The average Bonchev–Trinajstić information content (AvgIpc) is 2.63. The molecule has 1 N–H and O–H groups in total. The summed E-state index contributed by atoms with van der Waals surface area (Å²) < 4.78 is 1.43. The Kier molecular flexibility index (Phi) is 5.10. The molecule has 1 fully saturated rings. The number of aryl methyl sites for hydroxylation is 1. The van der Waals surface area contributed by atoms with Crippen molar-refractivity contribution in [2.75, 3.05) is 31.1 Å². The number of anilines is 1. The van der Waals surface area contributed by atoms with Crippen molar-refractivity contribution in [2.45, 2.75) is 52.0 Å². The van der Waals surface area contributed by atoms with Gasteiger partial charge in [0.2, 0.25) is 0 Å². The first kappa shape index (κ1) is 19.0. The Bertz CT molecular complexity index is 787. The summed E-state index contributed by atoms with van der Waals surface area (Å²) in [4.78, 5) is 16.4. The minimum absolute atomic E-state index is 0.405. The number of allylic oxidation sites excluding steroid dienone is 1. The first-order valence-electron chi connectivity index (χ1n) is 10.0. The van der Waals surface area contributed by atoms with E-state index in [1.165, 1.54) is 35.0 Å². The predicted molar refractivity (Wildman–Crippen MR) is 113 cm³/mol. The van der Waals surface area contributed by atoms with Crippen molar-refractivity contribution >= 4 is 27.6 Å². The van der Waals surface area contributed by atoms with E-state index >= 15 is 0 Å². The summed E-state index contributed by atoms with van der Waals surface area (Å²) in [6.45, 7) is 9.05. The molecule has 1 aliphatic carbocycles. The van der Waals surface area contributed by atoms with E-state index in [1.807, 2.05) is 12.1 Å². The second-order valence-electron chi connectivity index (χ2n) is 9.12. The maximum Gasteiger partial charge on any atom is 0.335 e. The number of carboxylic acid groups (broad SMARTS) is 1. The second-order valence-corrected chi connectivity index (χ2v) is 10.1. The third-order valence-corrected chi connectivity index (χ3v) is 7.42. The average molecular weight is 433 g/mol. The number of hydrogen-bond donors (Lipinski definition) is 1. The van der Waals surface area contributed by atoms with E-state index in [9.17, 15) is 9.90 Å². The molecule has 146 valence electrons. The Labute approximate surface area is 170 Å². The first-order valence-corrected chi connectivity index (χ1v) is 10.8. The molecule has 0 saturated carbocycles. The lowest BCUT2D eigenvalue weighted by Crippen LogP contribution is -2.55. The highest BCUT2D eigenvalue weighted by Crippen LogP contribution is 2.41. The van der Waals surface area contributed by atoms with Crippen molar-refractivity contribution in [3.63, 3.8) is 0 Å². The molecule has 0 spiro atoms. The number of aromatic carboxylic acids is 1. The molecule has 1 atom stereocenters. The van der Waals surface area contributed by atoms with Gasteiger partial charge in [-0.05, 0) is 71.3 Å². The zero-order valence-corrected chi connectivity index (χ0v) is 17.9. The van der Waals surface area contributed by atoms with Gasteiger partial charge in [0.15, 0.2) is 0 Å². The largest absolute Gasteiger partial charge is 0.478 e. The molecule has 27 heavy (non-hydrogen) atoms. The van der Waals surface area contributed by atoms with Crippen LogP contribution in [0.4, 0.5) is 5.69 Å². The van der Waals surface area contributed by atoms with Crippen LogP contribution >= 0.6 is 15.9 Å². The van der Waals surface area contributed by atoms with Gasteiger partial charge in [0.1, 0.15) is 0 Å². The molecule has 4 nitrogen and oxygen atoms in total. The maximum absolute atomic E-state index is 11.2. The molecule has 5 heteroatoms. The second kappa shape index (κ2) is 7.25. The maximum atomic E-state index is 11.2. The number of benzene rings is 1. The molecule has 0 bridgehead atoms. The van der Waals surface area contributed by atoms with Gasteiger partial charge >= 0.3 is 5.97 Å². The van der Waals surface area contributed by atoms with Gasteiger partial charge in [-0.2, -0.15) is 0 Å². The summed E-state index contributed by atoms with van der Waals surface area (Å²) in [5.74, 6) is -0.834. The smallest absolute Gasteiger partial charge is 0.335 e. The summed E-state index contributed by atoms with van der Waals surface area (Å²) in [5, 5.41) is 9.24. The number of nitrogens with zero attached hydrogens (tertiary/aromatic N) is 2. The fourth-order valence-corrected chi connectivity index (χ4v) is 5.41. The standard InChI is InChI=1S/C22H29BrN2O2/c1-22(2)8-7-19(23)17(12-22)13-24-9-10-25-18(14-24)5-3-15-11-16(21(26)27)4-6-20(15)25/h4,6,11,18H,3,5,7-10,12-14H2,1-2H3,(H,26,27)/t18-/m1/s1. The van der Waals surface area contributed by atoms with Crippen LogP contribution in [0.25, 0.3) is 0 Å². The topological polar surface area (TPSA) is 43.8 Å². The van der Waals surface area contributed by atoms with Crippen LogP contribution in [-0.2, 0) is 6.42 Å². The molecule has 1 saturated heterocycles. The number of piperazine rings is 1. The molecule has 3 aliphatic rings. The Hall–Kier alpha value is -1.33. The number of fused-ring (bicyclic) bond motifs is 3. The van der Waals surface area contributed by atoms with Crippen LogP contribution in [0.3, 0.4) is 0 Å². The number of hydrogen-bond acceptors (Lipinski definition) is 3. The van der Waals surface area contributed by atoms with Crippen LogP contribution in [0.5, 0.6) is 0 Å². The lowest BCUT2D eigenvalue weighted by Gasteiger charge is -2.47. The predicted octanol–water partition coefficient (Wildman–Crippen LogP) is 4.68. The van der Waals surface area contributed by atoms with Gasteiger partial charge in [-0.15, -0.1) is 0 Å². The Morgan fingerprint density at radius 3 is 2.89 bits per heavy atom. The van der Waals surface area contributed by atoms with Crippen molar-refractivity contribution in [1.82, 2.24) is 4.90 Å². The molecule has 1 aromatic carbocycles. The monoisotopic (exact) mass is 432 g/mol. The van der Waals surface area contributed by atoms with Gasteiger partial charge in [-0.3, -0.25) is 4.90 Å². The molecule has 4 rings (SSSR count). The Morgan fingerprint density at radius 1 is 1.30 bits per heavy atom. The SMILES string of the molecule is CC1(C)CCC(Br)=C(CN2CCN3c4ccc(C(=O)O)cc4CC[C@@H]3C2)C1. The zero-order chi connectivity index (χ0) is 19.2. The van der Waals surface area contributed by atoms with Crippen molar-refractivity contribution in [3.05, 3.63) is 39.4 Å². The zero-order valence-electron chi connectivity index (χ0n) is 16.3. The van der Waals surface area contributed by atoms with Gasteiger partial charge in [0.05, 0.1) is 5.56 Å². The van der Waals surface area contributed by atoms with Crippen molar-refractivity contribution < 1.29 is 9.90 Å². The fraction of sp³-hybridized carbons (Fsp3) is 0.591. The number of rotatable bonds is 3. The highest BCUT2D eigenvalue weighted by atomic mass is 79.9. The van der Waals surface area contributed by atoms with E-state index in [-0.39, 0.29) is 0 Å². The summed E-state index contributed by atoms with van der Waals surface area (Å²) >= 11 is 3.84. The minimum Gasteiger partial charge on any atom is -0.478 e. The minimum atomic E-state index is -0.834. The Balaban J connectivity index is 1.45. The van der Waals surface area contributed by atoms with Crippen molar-refractivity contribution in [3.8, 4) is 0 Å². The molecular formula is C22H29BrN2O2. The first-order chi connectivity index (χ1) is 12.8. The summed E-state index contributed by atoms with van der Waals surface area (Å²) in [6, 6.07) is 6.18. The quantitative estimate of drug-likeness (QED) is 0.752. The lowest BCUT2D eigenvalue weighted by atomic mass is 9.77. The van der Waals surface area contributed by atoms with E-state index in [4.69, 9.17) is 0 Å². The highest BCUT2D eigenvalue weighted by molar-refractivity contribution is 9.11.